The number of aryl methyl sites for hydroxylation is 1. The Labute approximate surface area is 90.2 Å². The third-order valence-corrected chi connectivity index (χ3v) is 1.40. The summed E-state index contributed by atoms with van der Waals surface area (Å²) in [6, 6.07) is 0. The van der Waals surface area contributed by atoms with Crippen molar-refractivity contribution in [3.63, 3.8) is 0 Å². The number of hydrogen-bond donors (Lipinski definition) is 0. The molecule has 0 N–H and O–H groups in total. The molecule has 0 amide bonds. The molecule has 4 nitrogen and oxygen atoms in total. The van der Waals surface area contributed by atoms with Crippen LogP contribution in [0.5, 0.6) is 0 Å². The molecule has 16 heavy (non-hydrogen) atoms. The quantitative estimate of drug-likeness (QED) is 0.527. The molecule has 0 unspecified atom stereocenters. The summed E-state index contributed by atoms with van der Waals surface area (Å²) in [4.78, 5) is 8.78. The molecule has 1 heterocycles. The molecule has 0 atom stereocenters. The highest BCUT2D eigenvalue weighted by Gasteiger charge is 2.28. The van der Waals surface area contributed by atoms with Crippen LogP contribution in [0, 0.1) is 0 Å². The first-order valence-electron chi connectivity index (χ1n) is 4.17. The van der Waals surface area contributed by atoms with Crippen molar-refractivity contribution >= 4 is 5.97 Å². The molecule has 0 saturated carbocycles. The van der Waals surface area contributed by atoms with Gasteiger partial charge in [-0.1, -0.05) is 12.7 Å². The highest BCUT2D eigenvalue weighted by atomic mass is 19.4. The van der Waals surface area contributed by atoms with E-state index in [0.717, 1.165) is 6.54 Å². The molecule has 0 bridgehead atoms. The SMILES string of the molecule is C=CCn1cc[n+](C)c1.O=C([O-])C(F)(F)F. The highest BCUT2D eigenvalue weighted by Crippen LogP contribution is 2.11. The Morgan fingerprint density at radius 1 is 1.62 bits per heavy atom. The zero-order valence-corrected chi connectivity index (χ0v) is 8.57. The molecule has 7 heteroatoms. The van der Waals surface area contributed by atoms with Crippen LogP contribution in [0.1, 0.15) is 0 Å². The second-order valence-corrected chi connectivity index (χ2v) is 2.85. The first-order valence-corrected chi connectivity index (χ1v) is 4.17. The van der Waals surface area contributed by atoms with Gasteiger partial charge in [-0.2, -0.15) is 13.2 Å². The third-order valence-electron chi connectivity index (χ3n) is 1.40. The monoisotopic (exact) mass is 236 g/mol. The average Bonchev–Trinajstić information content (AvgIpc) is 2.51. The third kappa shape index (κ3) is 5.84. The van der Waals surface area contributed by atoms with Crippen LogP contribution in [0.3, 0.4) is 0 Å². The molecule has 1 aromatic heterocycles. The summed E-state index contributed by atoms with van der Waals surface area (Å²) in [5, 5.41) is 8.78. The summed E-state index contributed by atoms with van der Waals surface area (Å²) in [5.41, 5.74) is 0. The van der Waals surface area contributed by atoms with Gasteiger partial charge in [0.05, 0.1) is 7.05 Å². The zero-order chi connectivity index (χ0) is 12.8. The largest absolute Gasteiger partial charge is 0.542 e. The summed E-state index contributed by atoms with van der Waals surface area (Å²) in [5.74, 6) is -3.01. The Bertz CT molecular complexity index is 358. The van der Waals surface area contributed by atoms with Crippen molar-refractivity contribution < 1.29 is 27.6 Å². The molecular formula is C9H11F3N2O2. The van der Waals surface area contributed by atoms with E-state index in [0.29, 0.717) is 0 Å². The predicted molar refractivity (Wildman–Crippen MR) is 46.9 cm³/mol. The lowest BCUT2D eigenvalue weighted by atomic mass is 10.6. The van der Waals surface area contributed by atoms with E-state index < -0.39 is 12.1 Å². The molecule has 0 aromatic carbocycles. The van der Waals surface area contributed by atoms with E-state index in [4.69, 9.17) is 9.90 Å². The van der Waals surface area contributed by atoms with Crippen LogP contribution >= 0.6 is 0 Å². The summed E-state index contributed by atoms with van der Waals surface area (Å²) in [6.07, 6.45) is 2.72. The zero-order valence-electron chi connectivity index (χ0n) is 8.57. The van der Waals surface area contributed by atoms with E-state index in [1.165, 1.54) is 0 Å². The average molecular weight is 236 g/mol. The number of aromatic nitrogens is 2. The second kappa shape index (κ2) is 5.94. The number of hydrogen-bond acceptors (Lipinski definition) is 2. The van der Waals surface area contributed by atoms with Crippen LogP contribution in [-0.2, 0) is 18.4 Å². The number of aliphatic carboxylic acids is 1. The van der Waals surface area contributed by atoms with Crippen molar-refractivity contribution in [3.8, 4) is 0 Å². The van der Waals surface area contributed by atoms with E-state index in [-0.39, 0.29) is 0 Å². The lowest BCUT2D eigenvalue weighted by Crippen LogP contribution is -2.37. The van der Waals surface area contributed by atoms with Gasteiger partial charge in [-0.25, -0.2) is 9.13 Å². The maximum atomic E-state index is 10.5. The topological polar surface area (TPSA) is 48.9 Å². The molecule has 0 saturated heterocycles. The number of carbonyl (C=O) groups is 1. The van der Waals surface area contributed by atoms with Gasteiger partial charge in [-0.05, 0) is 0 Å². The van der Waals surface area contributed by atoms with E-state index in [2.05, 4.69) is 11.1 Å². The van der Waals surface area contributed by atoms with Crippen molar-refractivity contribution in [1.29, 1.82) is 0 Å². The molecule has 0 radical (unpaired) electrons. The Morgan fingerprint density at radius 2 is 2.12 bits per heavy atom. The molecule has 0 fully saturated rings. The van der Waals surface area contributed by atoms with Crippen LogP contribution in [-0.4, -0.2) is 16.7 Å². The molecular weight excluding hydrogens is 225 g/mol. The molecule has 0 aliphatic rings. The Hall–Kier alpha value is -1.79. The number of carboxylic acid groups (broad SMARTS) is 1. The minimum Gasteiger partial charge on any atom is -0.542 e. The fourth-order valence-electron chi connectivity index (χ4n) is 0.759. The summed E-state index contributed by atoms with van der Waals surface area (Å²) < 4.78 is 35.6. The summed E-state index contributed by atoms with van der Waals surface area (Å²) in [7, 11) is 2.00. The first kappa shape index (κ1) is 14.2. The van der Waals surface area contributed by atoms with Gasteiger partial charge in [0.25, 0.3) is 0 Å². The minimum absolute atomic E-state index is 0.890. The van der Waals surface area contributed by atoms with Crippen molar-refractivity contribution in [2.75, 3.05) is 0 Å². The van der Waals surface area contributed by atoms with E-state index in [1.807, 2.05) is 36.4 Å². The maximum Gasteiger partial charge on any atom is 0.430 e. The van der Waals surface area contributed by atoms with Gasteiger partial charge in [0.1, 0.15) is 24.9 Å². The van der Waals surface area contributed by atoms with Crippen molar-refractivity contribution in [2.45, 2.75) is 12.7 Å². The van der Waals surface area contributed by atoms with Gasteiger partial charge in [-0.3, -0.25) is 0 Å². The van der Waals surface area contributed by atoms with Crippen LogP contribution in [0.4, 0.5) is 13.2 Å². The van der Waals surface area contributed by atoms with Gasteiger partial charge in [0.2, 0.25) is 6.33 Å². The lowest BCUT2D eigenvalue weighted by Gasteiger charge is -2.03. The van der Waals surface area contributed by atoms with Crippen molar-refractivity contribution in [2.24, 2.45) is 7.05 Å². The number of imidazole rings is 1. The van der Waals surface area contributed by atoms with E-state index in [1.54, 1.807) is 0 Å². The van der Waals surface area contributed by atoms with Crippen LogP contribution in [0.2, 0.25) is 0 Å². The second-order valence-electron chi connectivity index (χ2n) is 2.85. The first-order chi connectivity index (χ1) is 7.27. The number of carbonyl (C=O) groups excluding carboxylic acids is 1. The fourth-order valence-corrected chi connectivity index (χ4v) is 0.759. The molecule has 90 valence electrons. The van der Waals surface area contributed by atoms with Gasteiger partial charge in [0, 0.05) is 0 Å². The smallest absolute Gasteiger partial charge is 0.430 e. The number of allylic oxidation sites excluding steroid dienone is 1. The molecule has 1 rings (SSSR count). The van der Waals surface area contributed by atoms with Crippen LogP contribution < -0.4 is 9.67 Å². The molecule has 0 aliphatic heterocycles. The van der Waals surface area contributed by atoms with Gasteiger partial charge in [-0.15, -0.1) is 0 Å². The van der Waals surface area contributed by atoms with E-state index in [9.17, 15) is 13.2 Å². The van der Waals surface area contributed by atoms with Crippen LogP contribution in [0.25, 0.3) is 0 Å². The Kier molecular flexibility index (Phi) is 5.27. The molecule has 0 aliphatic carbocycles. The number of alkyl halides is 3. The van der Waals surface area contributed by atoms with E-state index >= 15 is 0 Å². The summed E-state index contributed by atoms with van der Waals surface area (Å²) in [6.45, 7) is 4.52. The normalized spacial score (nSPS) is 10.2. The van der Waals surface area contributed by atoms with Gasteiger partial charge in [0.15, 0.2) is 0 Å². The maximum absolute atomic E-state index is 10.5. The molecule has 0 spiro atoms. The van der Waals surface area contributed by atoms with Crippen LogP contribution in [0.15, 0.2) is 31.4 Å². The molecule has 1 aromatic rings. The number of nitrogens with zero attached hydrogens (tertiary/aromatic N) is 2. The highest BCUT2D eigenvalue weighted by molar-refractivity contribution is 5.70. The van der Waals surface area contributed by atoms with Crippen molar-refractivity contribution in [1.82, 2.24) is 4.57 Å². The predicted octanol–water partition coefficient (Wildman–Crippen LogP) is -0.203. The minimum atomic E-state index is -5.19. The number of carboxylic acids is 1. The number of halogens is 3. The van der Waals surface area contributed by atoms with Gasteiger partial charge < -0.3 is 9.90 Å². The lowest BCUT2D eigenvalue weighted by molar-refractivity contribution is -0.671. The summed E-state index contributed by atoms with van der Waals surface area (Å²) >= 11 is 0. The Balaban J connectivity index is 0.000000293. The fraction of sp³-hybridized carbons (Fsp3) is 0.333. The Morgan fingerprint density at radius 3 is 2.38 bits per heavy atom. The van der Waals surface area contributed by atoms with Gasteiger partial charge >= 0.3 is 6.18 Å². The number of rotatable bonds is 2. The standard InChI is InChI=1S/C7H11N2.C2HF3O2/c1-3-4-9-6-5-8(2)7-9;3-2(4,5)1(6)7/h3,5-7H,1,4H2,2H3;(H,6,7)/q+1;/p-1. The van der Waals surface area contributed by atoms with Crippen molar-refractivity contribution in [3.05, 3.63) is 31.4 Å².